The number of thiazole rings is 1. The summed E-state index contributed by atoms with van der Waals surface area (Å²) in [5.74, 6) is -2.33. The molecule has 4 rings (SSSR count). The Kier molecular flexibility index (Phi) is 7.34. The highest BCUT2D eigenvalue weighted by molar-refractivity contribution is 7.11. The Hall–Kier alpha value is -3.03. The SMILES string of the molecule is Cc1nc(C2CCC(C(F)(F)F)CC2)sc1COc1ccc(-c2noc(=O)[nH]2)c(OCC(F)(F)F)c1. The molecule has 2 aromatic heterocycles. The van der Waals surface area contributed by atoms with E-state index < -0.39 is 30.6 Å². The quantitative estimate of drug-likeness (QED) is 0.364. The van der Waals surface area contributed by atoms with Gasteiger partial charge in [-0.2, -0.15) is 26.3 Å². The van der Waals surface area contributed by atoms with E-state index in [1.54, 1.807) is 6.92 Å². The average Bonchev–Trinajstić information content (AvgIpc) is 3.40. The molecule has 0 radical (unpaired) electrons. The third kappa shape index (κ3) is 6.39. The first-order chi connectivity index (χ1) is 16.9. The smallest absolute Gasteiger partial charge is 0.439 e. The zero-order chi connectivity index (χ0) is 26.1. The van der Waals surface area contributed by atoms with Crippen LogP contribution in [0.5, 0.6) is 11.5 Å². The van der Waals surface area contributed by atoms with Crippen molar-refractivity contribution in [3.8, 4) is 22.9 Å². The number of nitrogens with zero attached hydrogens (tertiary/aromatic N) is 2. The van der Waals surface area contributed by atoms with Crippen molar-refractivity contribution in [2.75, 3.05) is 6.61 Å². The molecule has 1 aliphatic rings. The first kappa shape index (κ1) is 26.0. The van der Waals surface area contributed by atoms with E-state index in [1.807, 2.05) is 0 Å². The van der Waals surface area contributed by atoms with Gasteiger partial charge in [-0.05, 0) is 44.7 Å². The summed E-state index contributed by atoms with van der Waals surface area (Å²) < 4.78 is 92.0. The van der Waals surface area contributed by atoms with Crippen LogP contribution >= 0.6 is 11.3 Å². The molecule has 1 N–H and O–H groups in total. The van der Waals surface area contributed by atoms with Gasteiger partial charge in [-0.1, -0.05) is 5.16 Å². The maximum atomic E-state index is 12.9. The van der Waals surface area contributed by atoms with Crippen molar-refractivity contribution < 1.29 is 40.3 Å². The first-order valence-corrected chi connectivity index (χ1v) is 11.8. The molecule has 0 bridgehead atoms. The van der Waals surface area contributed by atoms with Crippen molar-refractivity contribution in [1.29, 1.82) is 0 Å². The van der Waals surface area contributed by atoms with Crippen LogP contribution in [0.3, 0.4) is 0 Å². The highest BCUT2D eigenvalue weighted by Gasteiger charge is 2.42. The molecule has 0 saturated heterocycles. The van der Waals surface area contributed by atoms with Crippen LogP contribution in [0, 0.1) is 12.8 Å². The summed E-state index contributed by atoms with van der Waals surface area (Å²) in [6, 6.07) is 4.08. The highest BCUT2D eigenvalue weighted by Crippen LogP contribution is 2.44. The Balaban J connectivity index is 1.45. The van der Waals surface area contributed by atoms with E-state index in [2.05, 4.69) is 19.6 Å². The molecular formula is C22H21F6N3O4S. The van der Waals surface area contributed by atoms with Gasteiger partial charge in [-0.3, -0.25) is 9.51 Å². The molecule has 0 amide bonds. The van der Waals surface area contributed by atoms with Gasteiger partial charge in [0.1, 0.15) is 18.1 Å². The van der Waals surface area contributed by atoms with Crippen LogP contribution in [0.4, 0.5) is 26.3 Å². The lowest BCUT2D eigenvalue weighted by Crippen LogP contribution is -2.27. The third-order valence-electron chi connectivity index (χ3n) is 5.86. The van der Waals surface area contributed by atoms with Gasteiger partial charge in [0, 0.05) is 12.0 Å². The van der Waals surface area contributed by atoms with E-state index in [1.165, 1.54) is 29.5 Å². The van der Waals surface area contributed by atoms with Gasteiger partial charge in [0.05, 0.1) is 27.1 Å². The van der Waals surface area contributed by atoms with Crippen molar-refractivity contribution in [2.24, 2.45) is 5.92 Å². The third-order valence-corrected chi connectivity index (χ3v) is 7.15. The monoisotopic (exact) mass is 537 g/mol. The number of halogens is 6. The molecule has 1 aromatic carbocycles. The van der Waals surface area contributed by atoms with E-state index in [0.717, 1.165) is 9.88 Å². The van der Waals surface area contributed by atoms with Crippen LogP contribution < -0.4 is 15.2 Å². The predicted molar refractivity (Wildman–Crippen MR) is 116 cm³/mol. The number of rotatable bonds is 7. The fraction of sp³-hybridized carbons (Fsp3) is 0.500. The van der Waals surface area contributed by atoms with E-state index in [9.17, 15) is 31.1 Å². The zero-order valence-corrected chi connectivity index (χ0v) is 19.6. The number of alkyl halides is 6. The number of benzene rings is 1. The van der Waals surface area contributed by atoms with Crippen molar-refractivity contribution in [3.63, 3.8) is 0 Å². The average molecular weight is 537 g/mol. The standard InChI is InChI=1S/C22H21F6N3O4S/c1-11-17(36-19(29-11)12-2-4-13(5-3-12)22(26,27)28)9-33-14-6-7-15(18-30-20(32)35-31-18)16(8-14)34-10-21(23,24)25/h6-8,12-13H,2-5,9-10H2,1H3,(H,30,31,32). The Bertz CT molecular complexity index is 1240. The fourth-order valence-electron chi connectivity index (χ4n) is 3.99. The molecule has 14 heteroatoms. The minimum Gasteiger partial charge on any atom is -0.488 e. The lowest BCUT2D eigenvalue weighted by molar-refractivity contribution is -0.182. The number of hydrogen-bond acceptors (Lipinski definition) is 7. The van der Waals surface area contributed by atoms with Crippen LogP contribution in [0.25, 0.3) is 11.4 Å². The highest BCUT2D eigenvalue weighted by atomic mass is 32.1. The fourth-order valence-corrected chi connectivity index (χ4v) is 5.14. The maximum absolute atomic E-state index is 12.9. The molecular weight excluding hydrogens is 516 g/mol. The van der Waals surface area contributed by atoms with E-state index >= 15 is 0 Å². The summed E-state index contributed by atoms with van der Waals surface area (Å²) in [6.45, 7) is 0.252. The number of nitrogens with one attached hydrogen (secondary N) is 1. The molecule has 0 spiro atoms. The summed E-state index contributed by atoms with van der Waals surface area (Å²) in [7, 11) is 0. The molecule has 1 saturated carbocycles. The number of hydrogen-bond donors (Lipinski definition) is 1. The Morgan fingerprint density at radius 1 is 1.11 bits per heavy atom. The molecule has 7 nitrogen and oxygen atoms in total. The summed E-state index contributed by atoms with van der Waals surface area (Å²) in [5, 5.41) is 4.23. The van der Waals surface area contributed by atoms with Gasteiger partial charge in [-0.15, -0.1) is 11.3 Å². The van der Waals surface area contributed by atoms with Crippen LogP contribution in [0.2, 0.25) is 0 Å². The minimum absolute atomic E-state index is 0.0488. The molecule has 2 heterocycles. The second kappa shape index (κ2) is 10.1. The number of aromatic amines is 1. The zero-order valence-electron chi connectivity index (χ0n) is 18.8. The number of aryl methyl sites for hydroxylation is 1. The minimum atomic E-state index is -4.60. The van der Waals surface area contributed by atoms with Crippen molar-refractivity contribution in [3.05, 3.63) is 44.3 Å². The maximum Gasteiger partial charge on any atom is 0.439 e. The molecule has 0 aliphatic heterocycles. The molecule has 3 aromatic rings. The number of H-pyrrole nitrogens is 1. The van der Waals surface area contributed by atoms with Crippen molar-refractivity contribution in [2.45, 2.75) is 57.5 Å². The van der Waals surface area contributed by atoms with Crippen LogP contribution in [-0.2, 0) is 6.61 Å². The van der Waals surface area contributed by atoms with E-state index in [4.69, 9.17) is 9.47 Å². The second-order valence-corrected chi connectivity index (χ2v) is 9.56. The summed E-state index contributed by atoms with van der Waals surface area (Å²) in [6.07, 6.45) is -7.82. The number of ether oxygens (including phenoxy) is 2. The van der Waals surface area contributed by atoms with Gasteiger partial charge in [0.2, 0.25) is 0 Å². The van der Waals surface area contributed by atoms with Gasteiger partial charge < -0.3 is 9.47 Å². The lowest BCUT2D eigenvalue weighted by Gasteiger charge is -2.28. The van der Waals surface area contributed by atoms with Gasteiger partial charge >= 0.3 is 18.1 Å². The van der Waals surface area contributed by atoms with Gasteiger partial charge in [0.15, 0.2) is 12.4 Å². The van der Waals surface area contributed by atoms with Gasteiger partial charge in [0.25, 0.3) is 0 Å². The van der Waals surface area contributed by atoms with Crippen LogP contribution in [0.1, 0.15) is 47.2 Å². The molecule has 196 valence electrons. The normalized spacial score (nSPS) is 18.9. The summed E-state index contributed by atoms with van der Waals surface area (Å²) in [5.41, 5.74) is 0.751. The first-order valence-electron chi connectivity index (χ1n) is 10.9. The predicted octanol–water partition coefficient (Wildman–Crippen LogP) is 6.15. The van der Waals surface area contributed by atoms with E-state index in [-0.39, 0.29) is 48.3 Å². The Morgan fingerprint density at radius 2 is 1.83 bits per heavy atom. The van der Waals surface area contributed by atoms with Crippen LogP contribution in [-0.4, -0.2) is 34.1 Å². The molecule has 0 unspecified atom stereocenters. The summed E-state index contributed by atoms with van der Waals surface area (Å²) in [4.78, 5) is 18.8. The lowest BCUT2D eigenvalue weighted by atomic mass is 9.82. The van der Waals surface area contributed by atoms with Crippen molar-refractivity contribution >= 4 is 11.3 Å². The largest absolute Gasteiger partial charge is 0.488 e. The van der Waals surface area contributed by atoms with Gasteiger partial charge in [-0.25, -0.2) is 9.78 Å². The Morgan fingerprint density at radius 3 is 2.44 bits per heavy atom. The summed E-state index contributed by atoms with van der Waals surface area (Å²) >= 11 is 1.36. The number of aromatic nitrogens is 3. The topological polar surface area (TPSA) is 90.2 Å². The van der Waals surface area contributed by atoms with E-state index in [0.29, 0.717) is 18.5 Å². The van der Waals surface area contributed by atoms with Crippen molar-refractivity contribution in [1.82, 2.24) is 15.1 Å². The molecule has 0 atom stereocenters. The molecule has 1 fully saturated rings. The molecule has 36 heavy (non-hydrogen) atoms. The Labute approximate surface area is 204 Å². The second-order valence-electron chi connectivity index (χ2n) is 8.44. The molecule has 1 aliphatic carbocycles. The van der Waals surface area contributed by atoms with Crippen LogP contribution in [0.15, 0.2) is 27.5 Å².